The zero-order chi connectivity index (χ0) is 13.2. The Labute approximate surface area is 113 Å². The largest absolute Gasteiger partial charge is 0.454 e. The molecule has 3 rings (SSSR count). The van der Waals surface area contributed by atoms with Crippen molar-refractivity contribution in [2.45, 2.75) is 19.8 Å². The van der Waals surface area contributed by atoms with Gasteiger partial charge in [0.15, 0.2) is 11.5 Å². The number of nitrogens with one attached hydrogen (secondary N) is 1. The van der Waals surface area contributed by atoms with Crippen LogP contribution in [0.5, 0.6) is 11.5 Å². The molecule has 0 aliphatic carbocycles. The van der Waals surface area contributed by atoms with E-state index >= 15 is 0 Å². The Hall–Kier alpha value is -2.16. The van der Waals surface area contributed by atoms with Crippen molar-refractivity contribution in [3.63, 3.8) is 0 Å². The minimum Gasteiger partial charge on any atom is -0.454 e. The van der Waals surface area contributed by atoms with Gasteiger partial charge in [-0.3, -0.25) is 0 Å². The topological polar surface area (TPSA) is 30.5 Å². The summed E-state index contributed by atoms with van der Waals surface area (Å²) in [6.07, 6.45) is 0. The third kappa shape index (κ3) is 2.36. The summed E-state index contributed by atoms with van der Waals surface area (Å²) >= 11 is 0. The highest BCUT2D eigenvalue weighted by atomic mass is 16.7. The van der Waals surface area contributed by atoms with E-state index in [1.54, 1.807) is 0 Å². The van der Waals surface area contributed by atoms with Crippen LogP contribution in [0.15, 0.2) is 42.5 Å². The van der Waals surface area contributed by atoms with E-state index in [4.69, 9.17) is 9.47 Å². The lowest BCUT2D eigenvalue weighted by atomic mass is 10.0. The molecule has 1 aliphatic heterocycles. The van der Waals surface area contributed by atoms with Gasteiger partial charge in [0.2, 0.25) is 6.79 Å². The number of para-hydroxylation sites is 1. The number of fused-ring (bicyclic) bond motifs is 1. The summed E-state index contributed by atoms with van der Waals surface area (Å²) in [7, 11) is 0. The van der Waals surface area contributed by atoms with Gasteiger partial charge in [0.25, 0.3) is 0 Å². The first kappa shape index (κ1) is 11.9. The molecule has 0 bridgehead atoms. The fourth-order valence-electron chi connectivity index (χ4n) is 2.24. The Kier molecular flexibility index (Phi) is 3.03. The van der Waals surface area contributed by atoms with Crippen molar-refractivity contribution >= 4 is 11.4 Å². The molecule has 0 radical (unpaired) electrons. The molecule has 0 saturated heterocycles. The maximum absolute atomic E-state index is 5.39. The summed E-state index contributed by atoms with van der Waals surface area (Å²) in [6.45, 7) is 4.70. The molecule has 1 heterocycles. The molecule has 19 heavy (non-hydrogen) atoms. The average Bonchev–Trinajstić information content (AvgIpc) is 2.86. The van der Waals surface area contributed by atoms with E-state index in [2.05, 4.69) is 37.4 Å². The van der Waals surface area contributed by atoms with Gasteiger partial charge in [0, 0.05) is 17.4 Å². The first-order valence-corrected chi connectivity index (χ1v) is 6.49. The fraction of sp³-hybridized carbons (Fsp3) is 0.250. The Morgan fingerprint density at radius 3 is 2.63 bits per heavy atom. The van der Waals surface area contributed by atoms with Gasteiger partial charge in [0.05, 0.1) is 0 Å². The minimum atomic E-state index is 0.307. The molecule has 2 aromatic carbocycles. The lowest BCUT2D eigenvalue weighted by Gasteiger charge is -2.14. The predicted molar refractivity (Wildman–Crippen MR) is 76.4 cm³/mol. The maximum Gasteiger partial charge on any atom is 0.231 e. The van der Waals surface area contributed by atoms with Gasteiger partial charge in [-0.25, -0.2) is 0 Å². The summed E-state index contributed by atoms with van der Waals surface area (Å²) in [5, 5.41) is 3.45. The van der Waals surface area contributed by atoms with Crippen LogP contribution >= 0.6 is 0 Å². The number of benzene rings is 2. The third-order valence-electron chi connectivity index (χ3n) is 3.23. The summed E-state index contributed by atoms with van der Waals surface area (Å²) in [4.78, 5) is 0. The molecular formula is C16H17NO2. The highest BCUT2D eigenvalue weighted by molar-refractivity contribution is 5.66. The number of hydrogen-bond acceptors (Lipinski definition) is 3. The van der Waals surface area contributed by atoms with E-state index in [1.165, 1.54) is 5.56 Å². The lowest BCUT2D eigenvalue weighted by Crippen LogP contribution is -1.97. The monoisotopic (exact) mass is 255 g/mol. The van der Waals surface area contributed by atoms with Gasteiger partial charge in [-0.15, -0.1) is 0 Å². The number of rotatable bonds is 3. The smallest absolute Gasteiger partial charge is 0.231 e. The summed E-state index contributed by atoms with van der Waals surface area (Å²) in [5.41, 5.74) is 3.45. The molecule has 0 amide bonds. The van der Waals surface area contributed by atoms with Crippen LogP contribution < -0.4 is 14.8 Å². The predicted octanol–water partition coefficient (Wildman–Crippen LogP) is 4.28. The van der Waals surface area contributed by atoms with E-state index in [1.807, 2.05) is 24.3 Å². The molecule has 1 aliphatic rings. The molecule has 0 atom stereocenters. The van der Waals surface area contributed by atoms with Crippen LogP contribution in [0, 0.1) is 0 Å². The van der Waals surface area contributed by atoms with Crippen molar-refractivity contribution in [3.8, 4) is 11.5 Å². The van der Waals surface area contributed by atoms with E-state index in [0.717, 1.165) is 22.9 Å². The molecule has 3 nitrogen and oxygen atoms in total. The second-order valence-electron chi connectivity index (χ2n) is 4.93. The van der Waals surface area contributed by atoms with Crippen molar-refractivity contribution in [2.75, 3.05) is 12.1 Å². The first-order chi connectivity index (χ1) is 9.24. The zero-order valence-electron chi connectivity index (χ0n) is 11.1. The van der Waals surface area contributed by atoms with Gasteiger partial charge >= 0.3 is 0 Å². The van der Waals surface area contributed by atoms with Gasteiger partial charge < -0.3 is 14.8 Å². The molecule has 0 aromatic heterocycles. The highest BCUT2D eigenvalue weighted by Crippen LogP contribution is 2.36. The van der Waals surface area contributed by atoms with Crippen LogP contribution in [-0.4, -0.2) is 6.79 Å². The second kappa shape index (κ2) is 4.84. The van der Waals surface area contributed by atoms with Crippen LogP contribution in [0.4, 0.5) is 11.4 Å². The highest BCUT2D eigenvalue weighted by Gasteiger charge is 2.14. The normalized spacial score (nSPS) is 12.8. The van der Waals surface area contributed by atoms with Gasteiger partial charge in [-0.2, -0.15) is 0 Å². The Morgan fingerprint density at radius 2 is 1.79 bits per heavy atom. The number of anilines is 2. The van der Waals surface area contributed by atoms with Crippen LogP contribution in [0.25, 0.3) is 0 Å². The third-order valence-corrected chi connectivity index (χ3v) is 3.23. The summed E-state index contributed by atoms with van der Waals surface area (Å²) in [5.74, 6) is 2.09. The van der Waals surface area contributed by atoms with Crippen molar-refractivity contribution in [2.24, 2.45) is 0 Å². The molecule has 98 valence electrons. The van der Waals surface area contributed by atoms with Crippen molar-refractivity contribution in [3.05, 3.63) is 48.0 Å². The molecular weight excluding hydrogens is 238 g/mol. The second-order valence-corrected chi connectivity index (χ2v) is 4.93. The number of ether oxygens (including phenoxy) is 2. The summed E-state index contributed by atoms with van der Waals surface area (Å²) in [6, 6.07) is 14.3. The number of hydrogen-bond donors (Lipinski definition) is 1. The Morgan fingerprint density at radius 1 is 1.00 bits per heavy atom. The van der Waals surface area contributed by atoms with Crippen molar-refractivity contribution < 1.29 is 9.47 Å². The minimum absolute atomic E-state index is 0.307. The van der Waals surface area contributed by atoms with Crippen molar-refractivity contribution in [1.82, 2.24) is 0 Å². The van der Waals surface area contributed by atoms with E-state index in [9.17, 15) is 0 Å². The standard InChI is InChI=1S/C16H17NO2/c1-11(2)13-5-3-4-6-14(13)17-12-7-8-15-16(9-12)19-10-18-15/h3-9,11,17H,10H2,1-2H3. The van der Waals surface area contributed by atoms with E-state index in [-0.39, 0.29) is 0 Å². The summed E-state index contributed by atoms with van der Waals surface area (Å²) < 4.78 is 10.7. The van der Waals surface area contributed by atoms with Crippen molar-refractivity contribution in [1.29, 1.82) is 0 Å². The van der Waals surface area contributed by atoms with Crippen LogP contribution in [0.2, 0.25) is 0 Å². The van der Waals surface area contributed by atoms with E-state index in [0.29, 0.717) is 12.7 Å². The average molecular weight is 255 g/mol. The van der Waals surface area contributed by atoms with Gasteiger partial charge in [-0.1, -0.05) is 32.0 Å². The maximum atomic E-state index is 5.39. The van der Waals surface area contributed by atoms with Crippen LogP contribution in [0.3, 0.4) is 0 Å². The fourth-order valence-corrected chi connectivity index (χ4v) is 2.24. The molecule has 2 aromatic rings. The molecule has 0 saturated carbocycles. The SMILES string of the molecule is CC(C)c1ccccc1Nc1ccc2c(c1)OCO2. The molecule has 0 unspecified atom stereocenters. The van der Waals surface area contributed by atoms with Crippen LogP contribution in [0.1, 0.15) is 25.3 Å². The Bertz CT molecular complexity index is 593. The molecule has 3 heteroatoms. The van der Waals surface area contributed by atoms with E-state index < -0.39 is 0 Å². The zero-order valence-corrected chi connectivity index (χ0v) is 11.1. The molecule has 1 N–H and O–H groups in total. The lowest BCUT2D eigenvalue weighted by molar-refractivity contribution is 0.174. The molecule has 0 fully saturated rings. The first-order valence-electron chi connectivity index (χ1n) is 6.49. The van der Waals surface area contributed by atoms with Gasteiger partial charge in [-0.05, 0) is 29.7 Å². The van der Waals surface area contributed by atoms with Gasteiger partial charge in [0.1, 0.15) is 0 Å². The Balaban J connectivity index is 1.89. The quantitative estimate of drug-likeness (QED) is 0.887. The molecule has 0 spiro atoms. The van der Waals surface area contributed by atoms with Crippen LogP contribution in [-0.2, 0) is 0 Å².